The van der Waals surface area contributed by atoms with Crippen LogP contribution in [-0.2, 0) is 6.42 Å². The zero-order valence-electron chi connectivity index (χ0n) is 11.1. The highest BCUT2D eigenvalue weighted by Crippen LogP contribution is 2.25. The Balaban J connectivity index is 1.87. The summed E-state index contributed by atoms with van der Waals surface area (Å²) >= 11 is 3.53. The predicted octanol–water partition coefficient (Wildman–Crippen LogP) is 2.29. The molecule has 0 amide bonds. The molecule has 1 N–H and O–H groups in total. The minimum Gasteiger partial charge on any atom is -0.496 e. The number of nitrogens with zero attached hydrogens (tertiary/aromatic N) is 1. The van der Waals surface area contributed by atoms with Gasteiger partial charge in [0.15, 0.2) is 0 Å². The summed E-state index contributed by atoms with van der Waals surface area (Å²) in [6, 6.07) is 7.02. The van der Waals surface area contributed by atoms with Crippen molar-refractivity contribution in [2.24, 2.45) is 0 Å². The Morgan fingerprint density at radius 3 is 2.94 bits per heavy atom. The molecule has 0 aliphatic carbocycles. The van der Waals surface area contributed by atoms with Gasteiger partial charge in [0.05, 0.1) is 11.6 Å². The molecule has 0 spiro atoms. The number of rotatable bonds is 5. The molecule has 3 nitrogen and oxygen atoms in total. The first kappa shape index (κ1) is 13.8. The topological polar surface area (TPSA) is 24.5 Å². The van der Waals surface area contributed by atoms with Crippen molar-refractivity contribution in [2.75, 3.05) is 33.8 Å². The molecule has 1 aromatic rings. The van der Waals surface area contributed by atoms with Gasteiger partial charge in [-0.25, -0.2) is 0 Å². The van der Waals surface area contributed by atoms with Crippen LogP contribution in [0.25, 0.3) is 0 Å². The fourth-order valence-corrected chi connectivity index (χ4v) is 2.96. The number of hydrogen-bond acceptors (Lipinski definition) is 3. The van der Waals surface area contributed by atoms with Gasteiger partial charge in [-0.2, -0.15) is 0 Å². The van der Waals surface area contributed by atoms with E-state index >= 15 is 0 Å². The van der Waals surface area contributed by atoms with E-state index in [1.54, 1.807) is 7.11 Å². The maximum Gasteiger partial charge on any atom is 0.133 e. The molecule has 1 unspecified atom stereocenters. The van der Waals surface area contributed by atoms with E-state index in [4.69, 9.17) is 4.74 Å². The third-order valence-electron chi connectivity index (χ3n) is 3.63. The Kier molecular flexibility index (Phi) is 5.03. The molecule has 1 aliphatic rings. The number of methoxy groups -OCH3 is 1. The average molecular weight is 313 g/mol. The Hall–Kier alpha value is -0.580. The van der Waals surface area contributed by atoms with Gasteiger partial charge in [0.1, 0.15) is 5.75 Å². The first-order chi connectivity index (χ1) is 8.70. The summed E-state index contributed by atoms with van der Waals surface area (Å²) in [5.74, 6) is 0.895. The molecule has 1 fully saturated rings. The van der Waals surface area contributed by atoms with Crippen LogP contribution in [-0.4, -0.2) is 44.7 Å². The molecule has 1 atom stereocenters. The number of benzene rings is 1. The van der Waals surface area contributed by atoms with Gasteiger partial charge in [0.2, 0.25) is 0 Å². The van der Waals surface area contributed by atoms with Gasteiger partial charge < -0.3 is 15.0 Å². The summed E-state index contributed by atoms with van der Waals surface area (Å²) in [4.78, 5) is 2.46. The maximum absolute atomic E-state index is 5.24. The number of nitrogens with one attached hydrogen (secondary N) is 1. The van der Waals surface area contributed by atoms with Crippen LogP contribution in [0.3, 0.4) is 0 Å². The van der Waals surface area contributed by atoms with Crippen molar-refractivity contribution in [1.82, 2.24) is 10.2 Å². The maximum atomic E-state index is 5.24. The Morgan fingerprint density at radius 2 is 2.33 bits per heavy atom. The fraction of sp³-hybridized carbons (Fsp3) is 0.571. The summed E-state index contributed by atoms with van der Waals surface area (Å²) in [7, 11) is 3.91. The average Bonchev–Trinajstić information content (AvgIpc) is 2.90. The molecule has 2 rings (SSSR count). The van der Waals surface area contributed by atoms with Crippen molar-refractivity contribution in [1.29, 1.82) is 0 Å². The first-order valence-electron chi connectivity index (χ1n) is 6.44. The van der Waals surface area contributed by atoms with Crippen LogP contribution in [0.2, 0.25) is 0 Å². The van der Waals surface area contributed by atoms with E-state index in [1.165, 1.54) is 12.0 Å². The standard InChI is InChI=1S/C14H21BrN2O/c1-17(12-5-7-16-10-12)8-6-11-3-4-14(18-2)13(15)9-11/h3-4,9,12,16H,5-8,10H2,1-2H3. The summed E-state index contributed by atoms with van der Waals surface area (Å²) in [6.07, 6.45) is 2.35. The van der Waals surface area contributed by atoms with Gasteiger partial charge in [0.25, 0.3) is 0 Å². The van der Waals surface area contributed by atoms with Crippen molar-refractivity contribution in [3.63, 3.8) is 0 Å². The van der Waals surface area contributed by atoms with E-state index in [9.17, 15) is 0 Å². The lowest BCUT2D eigenvalue weighted by Gasteiger charge is -2.23. The van der Waals surface area contributed by atoms with Gasteiger partial charge in [0, 0.05) is 19.1 Å². The lowest BCUT2D eigenvalue weighted by molar-refractivity contribution is 0.260. The predicted molar refractivity (Wildman–Crippen MR) is 78.3 cm³/mol. The van der Waals surface area contributed by atoms with Crippen LogP contribution in [0.1, 0.15) is 12.0 Å². The normalized spacial score (nSPS) is 19.4. The van der Waals surface area contributed by atoms with Crippen LogP contribution >= 0.6 is 15.9 Å². The van der Waals surface area contributed by atoms with E-state index in [-0.39, 0.29) is 0 Å². The van der Waals surface area contributed by atoms with Crippen molar-refractivity contribution in [3.05, 3.63) is 28.2 Å². The summed E-state index contributed by atoms with van der Waals surface area (Å²) in [5.41, 5.74) is 1.35. The SMILES string of the molecule is COc1ccc(CCN(C)C2CCNC2)cc1Br. The molecule has 0 bridgehead atoms. The molecule has 0 aromatic heterocycles. The second kappa shape index (κ2) is 6.55. The largest absolute Gasteiger partial charge is 0.496 e. The quantitative estimate of drug-likeness (QED) is 0.903. The van der Waals surface area contributed by atoms with Crippen LogP contribution in [0.5, 0.6) is 5.75 Å². The van der Waals surface area contributed by atoms with Crippen molar-refractivity contribution in [2.45, 2.75) is 18.9 Å². The van der Waals surface area contributed by atoms with E-state index in [1.807, 2.05) is 6.07 Å². The van der Waals surface area contributed by atoms with E-state index in [2.05, 4.69) is 45.3 Å². The number of ether oxygens (including phenoxy) is 1. The minimum atomic E-state index is 0.701. The first-order valence-corrected chi connectivity index (χ1v) is 7.23. The molecule has 0 saturated carbocycles. The zero-order valence-corrected chi connectivity index (χ0v) is 12.7. The van der Waals surface area contributed by atoms with Crippen LogP contribution in [0.15, 0.2) is 22.7 Å². The fourth-order valence-electron chi connectivity index (χ4n) is 2.37. The molecule has 18 heavy (non-hydrogen) atoms. The third-order valence-corrected chi connectivity index (χ3v) is 4.25. The molecule has 1 aromatic carbocycles. The monoisotopic (exact) mass is 312 g/mol. The summed E-state index contributed by atoms with van der Waals surface area (Å²) in [5, 5.41) is 3.41. The van der Waals surface area contributed by atoms with E-state index in [0.717, 1.165) is 36.3 Å². The zero-order chi connectivity index (χ0) is 13.0. The Bertz CT molecular complexity index is 391. The highest BCUT2D eigenvalue weighted by molar-refractivity contribution is 9.10. The number of halogens is 1. The Morgan fingerprint density at radius 1 is 1.50 bits per heavy atom. The van der Waals surface area contributed by atoms with Crippen molar-refractivity contribution in [3.8, 4) is 5.75 Å². The highest BCUT2D eigenvalue weighted by Gasteiger charge is 2.18. The molecule has 4 heteroatoms. The molecule has 100 valence electrons. The Labute approximate surface area is 118 Å². The molecular formula is C14H21BrN2O. The number of hydrogen-bond donors (Lipinski definition) is 1. The molecular weight excluding hydrogens is 292 g/mol. The second-order valence-electron chi connectivity index (χ2n) is 4.85. The second-order valence-corrected chi connectivity index (χ2v) is 5.70. The number of likely N-dealkylation sites (N-methyl/N-ethyl adjacent to an activating group) is 1. The smallest absolute Gasteiger partial charge is 0.133 e. The van der Waals surface area contributed by atoms with E-state index < -0.39 is 0 Å². The van der Waals surface area contributed by atoms with Crippen LogP contribution in [0.4, 0.5) is 0 Å². The van der Waals surface area contributed by atoms with Gasteiger partial charge in [-0.1, -0.05) is 6.07 Å². The summed E-state index contributed by atoms with van der Waals surface area (Å²) in [6.45, 7) is 3.39. The van der Waals surface area contributed by atoms with Gasteiger partial charge in [-0.3, -0.25) is 0 Å². The van der Waals surface area contributed by atoms with Gasteiger partial charge in [-0.05, 0) is 60.1 Å². The van der Waals surface area contributed by atoms with Crippen LogP contribution in [0, 0.1) is 0 Å². The highest BCUT2D eigenvalue weighted by atomic mass is 79.9. The summed E-state index contributed by atoms with van der Waals surface area (Å²) < 4.78 is 6.28. The van der Waals surface area contributed by atoms with E-state index in [0.29, 0.717) is 6.04 Å². The molecule has 1 saturated heterocycles. The third kappa shape index (κ3) is 3.46. The molecule has 1 heterocycles. The van der Waals surface area contributed by atoms with Gasteiger partial charge in [-0.15, -0.1) is 0 Å². The molecule has 1 aliphatic heterocycles. The molecule has 0 radical (unpaired) electrons. The van der Waals surface area contributed by atoms with Crippen molar-refractivity contribution >= 4 is 15.9 Å². The van der Waals surface area contributed by atoms with Gasteiger partial charge >= 0.3 is 0 Å². The van der Waals surface area contributed by atoms with Crippen molar-refractivity contribution < 1.29 is 4.74 Å². The lowest BCUT2D eigenvalue weighted by Crippen LogP contribution is -2.34. The lowest BCUT2D eigenvalue weighted by atomic mass is 10.1. The minimum absolute atomic E-state index is 0.701. The van der Waals surface area contributed by atoms with Crippen LogP contribution < -0.4 is 10.1 Å².